The minimum Gasteiger partial charge on any atom is -0.377 e. The van der Waals surface area contributed by atoms with E-state index in [4.69, 9.17) is 0 Å². The van der Waals surface area contributed by atoms with Gasteiger partial charge in [-0.15, -0.1) is 10.2 Å². The summed E-state index contributed by atoms with van der Waals surface area (Å²) in [6.45, 7) is 4.56. The lowest BCUT2D eigenvalue weighted by Crippen LogP contribution is -2.32. The zero-order valence-corrected chi connectivity index (χ0v) is 12.6. The van der Waals surface area contributed by atoms with Gasteiger partial charge in [-0.3, -0.25) is 4.79 Å². The largest absolute Gasteiger partial charge is 0.377 e. The third kappa shape index (κ3) is 3.81. The van der Waals surface area contributed by atoms with E-state index in [0.717, 1.165) is 17.9 Å². The van der Waals surface area contributed by atoms with Crippen LogP contribution in [0.3, 0.4) is 0 Å². The summed E-state index contributed by atoms with van der Waals surface area (Å²) in [5.74, 6) is 0.748. The highest BCUT2D eigenvalue weighted by atomic mass is 16.1. The van der Waals surface area contributed by atoms with E-state index in [2.05, 4.69) is 20.8 Å². The van der Waals surface area contributed by atoms with Crippen LogP contribution >= 0.6 is 0 Å². The number of nitrogens with one attached hydrogen (secondary N) is 2. The highest BCUT2D eigenvalue weighted by Crippen LogP contribution is 2.16. The van der Waals surface area contributed by atoms with E-state index < -0.39 is 0 Å². The van der Waals surface area contributed by atoms with Crippen molar-refractivity contribution in [3.63, 3.8) is 0 Å². The fraction of sp³-hybridized carbons (Fsp3) is 0.400. The summed E-state index contributed by atoms with van der Waals surface area (Å²) >= 11 is 0. The minimum atomic E-state index is -0.0644. The van der Waals surface area contributed by atoms with Gasteiger partial charge < -0.3 is 15.2 Å². The standard InChI is InChI=1S/C15H21N5O/c1-4-11(2)18-15(21)12-7-5-6-8-13(12)16-9-14-19-17-10-20(14)3/h5-8,10-11,16H,4,9H2,1-3H3,(H,18,21). The molecule has 1 amide bonds. The Morgan fingerprint density at radius 2 is 2.14 bits per heavy atom. The van der Waals surface area contributed by atoms with Crippen molar-refractivity contribution in [1.29, 1.82) is 0 Å². The van der Waals surface area contributed by atoms with E-state index in [0.29, 0.717) is 12.1 Å². The maximum atomic E-state index is 12.3. The first kappa shape index (κ1) is 15.0. The van der Waals surface area contributed by atoms with Gasteiger partial charge in [-0.2, -0.15) is 0 Å². The molecule has 112 valence electrons. The Bertz CT molecular complexity index is 608. The van der Waals surface area contributed by atoms with Crippen LogP contribution in [0.25, 0.3) is 0 Å². The molecule has 0 radical (unpaired) electrons. The number of carbonyl (C=O) groups is 1. The first-order valence-corrected chi connectivity index (χ1v) is 7.08. The Labute approximate surface area is 124 Å². The van der Waals surface area contributed by atoms with Crippen LogP contribution in [-0.4, -0.2) is 26.7 Å². The smallest absolute Gasteiger partial charge is 0.253 e. The predicted molar refractivity (Wildman–Crippen MR) is 82.0 cm³/mol. The van der Waals surface area contributed by atoms with Crippen LogP contribution < -0.4 is 10.6 Å². The van der Waals surface area contributed by atoms with Gasteiger partial charge >= 0.3 is 0 Å². The molecule has 0 saturated heterocycles. The number of nitrogens with zero attached hydrogens (tertiary/aromatic N) is 3. The average molecular weight is 287 g/mol. The third-order valence-electron chi connectivity index (χ3n) is 3.40. The van der Waals surface area contributed by atoms with Crippen molar-refractivity contribution >= 4 is 11.6 Å². The Morgan fingerprint density at radius 1 is 1.38 bits per heavy atom. The number of aromatic nitrogens is 3. The lowest BCUT2D eigenvalue weighted by Gasteiger charge is -2.15. The molecule has 0 aliphatic heterocycles. The van der Waals surface area contributed by atoms with Gasteiger partial charge in [0.15, 0.2) is 5.82 Å². The number of rotatable bonds is 6. The number of carbonyl (C=O) groups excluding carboxylic acids is 1. The van der Waals surface area contributed by atoms with E-state index >= 15 is 0 Å². The Morgan fingerprint density at radius 3 is 2.81 bits per heavy atom. The summed E-state index contributed by atoms with van der Waals surface area (Å²) in [6.07, 6.45) is 2.55. The van der Waals surface area contributed by atoms with Crippen LogP contribution in [0.5, 0.6) is 0 Å². The molecule has 1 unspecified atom stereocenters. The monoisotopic (exact) mass is 287 g/mol. The molecule has 1 atom stereocenters. The van der Waals surface area contributed by atoms with Gasteiger partial charge in [0, 0.05) is 18.8 Å². The summed E-state index contributed by atoms with van der Waals surface area (Å²) in [5.41, 5.74) is 1.43. The fourth-order valence-corrected chi connectivity index (χ4v) is 1.88. The van der Waals surface area contributed by atoms with Crippen LogP contribution in [0.15, 0.2) is 30.6 Å². The lowest BCUT2D eigenvalue weighted by atomic mass is 10.1. The second-order valence-corrected chi connectivity index (χ2v) is 5.04. The van der Waals surface area contributed by atoms with Gasteiger partial charge in [0.25, 0.3) is 5.91 Å². The highest BCUT2D eigenvalue weighted by molar-refractivity contribution is 5.99. The Balaban J connectivity index is 2.09. The van der Waals surface area contributed by atoms with Gasteiger partial charge in [-0.1, -0.05) is 19.1 Å². The first-order chi connectivity index (χ1) is 10.1. The zero-order valence-electron chi connectivity index (χ0n) is 12.6. The minimum absolute atomic E-state index is 0.0644. The second kappa shape index (κ2) is 6.88. The van der Waals surface area contributed by atoms with Crippen molar-refractivity contribution in [3.05, 3.63) is 42.0 Å². The molecule has 0 saturated carbocycles. The molecule has 0 spiro atoms. The first-order valence-electron chi connectivity index (χ1n) is 7.08. The Hall–Kier alpha value is -2.37. The van der Waals surface area contributed by atoms with Crippen LogP contribution in [-0.2, 0) is 13.6 Å². The molecule has 6 nitrogen and oxygen atoms in total. The zero-order chi connectivity index (χ0) is 15.2. The molecular weight excluding hydrogens is 266 g/mol. The summed E-state index contributed by atoms with van der Waals surface area (Å²) in [6, 6.07) is 7.63. The Kier molecular flexibility index (Phi) is 4.92. The van der Waals surface area contributed by atoms with E-state index in [1.165, 1.54) is 0 Å². The number of aryl methyl sites for hydroxylation is 1. The molecule has 1 heterocycles. The van der Waals surface area contributed by atoms with Gasteiger partial charge in [-0.25, -0.2) is 0 Å². The van der Waals surface area contributed by atoms with Gasteiger partial charge in [-0.05, 0) is 25.5 Å². The quantitative estimate of drug-likeness (QED) is 0.852. The van der Waals surface area contributed by atoms with Crippen molar-refractivity contribution in [2.24, 2.45) is 7.05 Å². The van der Waals surface area contributed by atoms with Crippen molar-refractivity contribution < 1.29 is 4.79 Å². The fourth-order valence-electron chi connectivity index (χ4n) is 1.88. The van der Waals surface area contributed by atoms with E-state index in [1.807, 2.05) is 49.7 Å². The molecule has 0 bridgehead atoms. The van der Waals surface area contributed by atoms with Crippen molar-refractivity contribution in [2.75, 3.05) is 5.32 Å². The summed E-state index contributed by atoms with van der Waals surface area (Å²) < 4.78 is 1.84. The molecule has 2 aromatic rings. The van der Waals surface area contributed by atoms with Crippen LogP contribution in [0.1, 0.15) is 36.5 Å². The number of para-hydroxylation sites is 1. The molecule has 1 aromatic carbocycles. The normalized spacial score (nSPS) is 12.0. The molecule has 0 fully saturated rings. The van der Waals surface area contributed by atoms with Gasteiger partial charge in [0.2, 0.25) is 0 Å². The maximum absolute atomic E-state index is 12.3. The summed E-state index contributed by atoms with van der Waals surface area (Å²) in [5, 5.41) is 14.1. The van der Waals surface area contributed by atoms with E-state index in [1.54, 1.807) is 6.33 Å². The predicted octanol–water partition coefficient (Wildman–Crippen LogP) is 1.96. The number of hydrogen-bond donors (Lipinski definition) is 2. The molecule has 6 heteroatoms. The van der Waals surface area contributed by atoms with Crippen molar-refractivity contribution in [3.8, 4) is 0 Å². The van der Waals surface area contributed by atoms with Crippen molar-refractivity contribution in [2.45, 2.75) is 32.9 Å². The van der Waals surface area contributed by atoms with Crippen LogP contribution in [0, 0.1) is 0 Å². The number of hydrogen-bond acceptors (Lipinski definition) is 4. The molecule has 21 heavy (non-hydrogen) atoms. The highest BCUT2D eigenvalue weighted by Gasteiger charge is 2.13. The molecular formula is C15H21N5O. The number of anilines is 1. The second-order valence-electron chi connectivity index (χ2n) is 5.04. The van der Waals surface area contributed by atoms with Crippen LogP contribution in [0.4, 0.5) is 5.69 Å². The molecule has 2 rings (SSSR count). The summed E-state index contributed by atoms with van der Waals surface area (Å²) in [7, 11) is 1.89. The van der Waals surface area contributed by atoms with Crippen molar-refractivity contribution in [1.82, 2.24) is 20.1 Å². The molecule has 0 aliphatic carbocycles. The van der Waals surface area contributed by atoms with Gasteiger partial charge in [0.1, 0.15) is 6.33 Å². The summed E-state index contributed by atoms with van der Waals surface area (Å²) in [4.78, 5) is 12.3. The van der Waals surface area contributed by atoms with Gasteiger partial charge in [0.05, 0.1) is 12.1 Å². The number of amides is 1. The molecule has 2 N–H and O–H groups in total. The number of benzene rings is 1. The SMILES string of the molecule is CCC(C)NC(=O)c1ccccc1NCc1nncn1C. The third-order valence-corrected chi connectivity index (χ3v) is 3.40. The molecule has 0 aliphatic rings. The molecule has 1 aromatic heterocycles. The lowest BCUT2D eigenvalue weighted by molar-refractivity contribution is 0.0940. The van der Waals surface area contributed by atoms with E-state index in [9.17, 15) is 4.79 Å². The average Bonchev–Trinajstić information content (AvgIpc) is 2.90. The topological polar surface area (TPSA) is 71.8 Å². The maximum Gasteiger partial charge on any atom is 0.253 e. The van der Waals surface area contributed by atoms with E-state index in [-0.39, 0.29) is 11.9 Å². The van der Waals surface area contributed by atoms with Crippen LogP contribution in [0.2, 0.25) is 0 Å².